The number of hydrogen-bond donors (Lipinski definition) is 4. The standard InChI is InChI=1S/C30H29N3O7S/c1-2-40-29(36)24-14-23(28(35)32-30(37,19-27(31)34)18-20-8-4-3-5-9-20)15-25(16-24)33-41(38,39)26-13-12-21-10-6-7-11-22(21)17-26/h3-17,33,37H,2,18-19H2,1H3,(H2,31,34)(H,32,35). The molecule has 41 heavy (non-hydrogen) atoms. The van der Waals surface area contributed by atoms with Gasteiger partial charge in [-0.15, -0.1) is 0 Å². The summed E-state index contributed by atoms with van der Waals surface area (Å²) in [5.41, 5.74) is 3.55. The van der Waals surface area contributed by atoms with Gasteiger partial charge in [0.05, 0.1) is 29.2 Å². The van der Waals surface area contributed by atoms with Gasteiger partial charge in [0.1, 0.15) is 0 Å². The first-order valence-corrected chi connectivity index (χ1v) is 14.2. The Kier molecular flexibility index (Phi) is 8.70. The third-order valence-electron chi connectivity index (χ3n) is 6.14. The van der Waals surface area contributed by atoms with Crippen LogP contribution in [0.15, 0.2) is 95.9 Å². The minimum absolute atomic E-state index is 0.0255. The van der Waals surface area contributed by atoms with Gasteiger partial charge < -0.3 is 20.9 Å². The molecule has 1 unspecified atom stereocenters. The molecule has 2 amide bonds. The molecule has 0 heterocycles. The van der Waals surface area contributed by atoms with Crippen molar-refractivity contribution < 1.29 is 32.6 Å². The van der Waals surface area contributed by atoms with E-state index in [-0.39, 0.29) is 34.7 Å². The van der Waals surface area contributed by atoms with E-state index < -0.39 is 40.0 Å². The molecule has 0 saturated heterocycles. The van der Waals surface area contributed by atoms with Gasteiger partial charge >= 0.3 is 5.97 Å². The Morgan fingerprint density at radius 1 is 0.878 bits per heavy atom. The Bertz CT molecular complexity index is 1710. The summed E-state index contributed by atoms with van der Waals surface area (Å²) in [5.74, 6) is -2.51. The molecule has 212 valence electrons. The van der Waals surface area contributed by atoms with E-state index in [2.05, 4.69) is 10.0 Å². The second-order valence-corrected chi connectivity index (χ2v) is 11.1. The van der Waals surface area contributed by atoms with E-state index in [1.807, 2.05) is 12.1 Å². The fourth-order valence-electron chi connectivity index (χ4n) is 4.35. The number of fused-ring (bicyclic) bond motifs is 1. The molecule has 0 spiro atoms. The number of carbonyl (C=O) groups excluding carboxylic acids is 3. The number of benzene rings is 4. The molecular weight excluding hydrogens is 546 g/mol. The van der Waals surface area contributed by atoms with Gasteiger partial charge in [-0.2, -0.15) is 0 Å². The zero-order valence-corrected chi connectivity index (χ0v) is 23.0. The highest BCUT2D eigenvalue weighted by molar-refractivity contribution is 7.92. The number of amides is 2. The lowest BCUT2D eigenvalue weighted by atomic mass is 9.98. The van der Waals surface area contributed by atoms with Crippen LogP contribution < -0.4 is 15.8 Å². The van der Waals surface area contributed by atoms with E-state index in [1.165, 1.54) is 30.3 Å². The number of ether oxygens (including phenoxy) is 1. The molecule has 1 atom stereocenters. The lowest BCUT2D eigenvalue weighted by molar-refractivity contribution is -0.123. The highest BCUT2D eigenvalue weighted by atomic mass is 32.2. The van der Waals surface area contributed by atoms with Crippen LogP contribution in [0.4, 0.5) is 5.69 Å². The maximum atomic E-state index is 13.3. The van der Waals surface area contributed by atoms with Crippen LogP contribution >= 0.6 is 0 Å². The lowest BCUT2D eigenvalue weighted by Crippen LogP contribution is -2.52. The third kappa shape index (κ3) is 7.47. The number of carbonyl (C=O) groups is 3. The molecule has 10 nitrogen and oxygen atoms in total. The maximum Gasteiger partial charge on any atom is 0.338 e. The molecule has 0 aliphatic rings. The quantitative estimate of drug-likeness (QED) is 0.157. The van der Waals surface area contributed by atoms with E-state index in [9.17, 15) is 27.9 Å². The zero-order chi connectivity index (χ0) is 29.6. The van der Waals surface area contributed by atoms with Gasteiger partial charge in [0, 0.05) is 12.0 Å². The number of hydrogen-bond acceptors (Lipinski definition) is 7. The molecule has 5 N–H and O–H groups in total. The van der Waals surface area contributed by atoms with Gasteiger partial charge in [0.25, 0.3) is 15.9 Å². The van der Waals surface area contributed by atoms with Crippen molar-refractivity contribution in [1.29, 1.82) is 0 Å². The summed E-state index contributed by atoms with van der Waals surface area (Å²) < 4.78 is 34.0. The van der Waals surface area contributed by atoms with Crippen LogP contribution in [-0.2, 0) is 26.0 Å². The molecule has 4 aromatic rings. The monoisotopic (exact) mass is 575 g/mol. The average molecular weight is 576 g/mol. The number of sulfonamides is 1. The van der Waals surface area contributed by atoms with Crippen molar-refractivity contribution >= 4 is 44.3 Å². The molecular formula is C30H29N3O7S. The third-order valence-corrected chi connectivity index (χ3v) is 7.52. The fraction of sp³-hybridized carbons (Fsp3) is 0.167. The summed E-state index contributed by atoms with van der Waals surface area (Å²) in [4.78, 5) is 37.6. The number of rotatable bonds is 11. The predicted molar refractivity (Wildman–Crippen MR) is 154 cm³/mol. The van der Waals surface area contributed by atoms with Crippen LogP contribution in [0.3, 0.4) is 0 Å². The number of esters is 1. The SMILES string of the molecule is CCOC(=O)c1cc(NS(=O)(=O)c2ccc3ccccc3c2)cc(C(=O)NC(O)(CC(N)=O)Cc2ccccc2)c1. The predicted octanol–water partition coefficient (Wildman–Crippen LogP) is 3.35. The summed E-state index contributed by atoms with van der Waals surface area (Å²) in [6.07, 6.45) is -0.728. The molecule has 0 fully saturated rings. The van der Waals surface area contributed by atoms with Crippen molar-refractivity contribution in [2.24, 2.45) is 5.73 Å². The van der Waals surface area contributed by atoms with Gasteiger partial charge in [0.15, 0.2) is 5.72 Å². The molecule has 11 heteroatoms. The maximum absolute atomic E-state index is 13.3. The summed E-state index contributed by atoms with van der Waals surface area (Å²) in [6, 6.07) is 24.2. The number of anilines is 1. The molecule has 0 bridgehead atoms. The van der Waals surface area contributed by atoms with Crippen molar-refractivity contribution in [2.45, 2.75) is 30.4 Å². The van der Waals surface area contributed by atoms with E-state index >= 15 is 0 Å². The Morgan fingerprint density at radius 2 is 1.54 bits per heavy atom. The van der Waals surface area contributed by atoms with E-state index in [0.717, 1.165) is 5.39 Å². The molecule has 0 saturated carbocycles. The topological polar surface area (TPSA) is 165 Å². The van der Waals surface area contributed by atoms with Crippen molar-refractivity contribution in [2.75, 3.05) is 11.3 Å². The van der Waals surface area contributed by atoms with Crippen LogP contribution in [0.2, 0.25) is 0 Å². The molecule has 4 aromatic carbocycles. The molecule has 4 rings (SSSR count). The number of nitrogens with two attached hydrogens (primary N) is 1. The van der Waals surface area contributed by atoms with Gasteiger partial charge in [-0.25, -0.2) is 13.2 Å². The van der Waals surface area contributed by atoms with Crippen molar-refractivity contribution in [3.05, 3.63) is 108 Å². The van der Waals surface area contributed by atoms with Crippen molar-refractivity contribution in [3.63, 3.8) is 0 Å². The normalized spacial score (nSPS) is 12.7. The summed E-state index contributed by atoms with van der Waals surface area (Å²) in [6.45, 7) is 1.65. The second kappa shape index (κ2) is 12.2. The first-order chi connectivity index (χ1) is 19.5. The minimum Gasteiger partial charge on any atom is -0.462 e. The van der Waals surface area contributed by atoms with Crippen molar-refractivity contribution in [3.8, 4) is 0 Å². The smallest absolute Gasteiger partial charge is 0.338 e. The van der Waals surface area contributed by atoms with Gasteiger partial charge in [-0.3, -0.25) is 14.3 Å². The van der Waals surface area contributed by atoms with Crippen LogP contribution in [0.25, 0.3) is 10.8 Å². The summed E-state index contributed by atoms with van der Waals surface area (Å²) >= 11 is 0. The van der Waals surface area contributed by atoms with E-state index in [0.29, 0.717) is 10.9 Å². The zero-order valence-electron chi connectivity index (χ0n) is 22.2. The molecule has 0 aromatic heterocycles. The van der Waals surface area contributed by atoms with Gasteiger partial charge in [-0.1, -0.05) is 60.7 Å². The largest absolute Gasteiger partial charge is 0.462 e. The first kappa shape index (κ1) is 29.2. The molecule has 0 aliphatic carbocycles. The highest BCUT2D eigenvalue weighted by Crippen LogP contribution is 2.24. The Hall–Kier alpha value is -4.74. The Labute approximate surface area is 237 Å². The number of primary amides is 1. The average Bonchev–Trinajstić information content (AvgIpc) is 2.92. The Morgan fingerprint density at radius 3 is 2.22 bits per heavy atom. The van der Waals surface area contributed by atoms with E-state index in [1.54, 1.807) is 55.5 Å². The molecule has 0 aliphatic heterocycles. The number of nitrogens with one attached hydrogen (secondary N) is 2. The van der Waals surface area contributed by atoms with Gasteiger partial charge in [0.2, 0.25) is 5.91 Å². The number of aliphatic hydroxyl groups is 1. The van der Waals surface area contributed by atoms with E-state index in [4.69, 9.17) is 10.5 Å². The molecule has 0 radical (unpaired) electrons. The van der Waals surface area contributed by atoms with Crippen LogP contribution in [0.5, 0.6) is 0 Å². The minimum atomic E-state index is -4.14. The Balaban J connectivity index is 1.68. The summed E-state index contributed by atoms with van der Waals surface area (Å²) in [7, 11) is -4.14. The van der Waals surface area contributed by atoms with Crippen LogP contribution in [-0.4, -0.2) is 43.6 Å². The lowest BCUT2D eigenvalue weighted by Gasteiger charge is -2.28. The fourth-order valence-corrected chi connectivity index (χ4v) is 5.43. The van der Waals surface area contributed by atoms with Crippen molar-refractivity contribution in [1.82, 2.24) is 5.32 Å². The van der Waals surface area contributed by atoms with Gasteiger partial charge in [-0.05, 0) is 53.6 Å². The van der Waals surface area contributed by atoms with Crippen LogP contribution in [0.1, 0.15) is 39.6 Å². The summed E-state index contributed by atoms with van der Waals surface area (Å²) in [5, 5.41) is 15.2. The first-order valence-electron chi connectivity index (χ1n) is 12.7. The highest BCUT2D eigenvalue weighted by Gasteiger charge is 2.32. The second-order valence-electron chi connectivity index (χ2n) is 9.43. The van der Waals surface area contributed by atoms with Crippen LogP contribution in [0, 0.1) is 0 Å².